The number of benzene rings is 2. The highest BCUT2D eigenvalue weighted by Gasteiger charge is 2.15. The summed E-state index contributed by atoms with van der Waals surface area (Å²) in [5, 5.41) is 12.4. The molecule has 0 spiro atoms. The van der Waals surface area contributed by atoms with Gasteiger partial charge < -0.3 is 14.6 Å². The van der Waals surface area contributed by atoms with Crippen molar-refractivity contribution in [2.24, 2.45) is 0 Å². The first-order chi connectivity index (χ1) is 13.9. The van der Waals surface area contributed by atoms with Gasteiger partial charge in [0.25, 0.3) is 5.91 Å². The quantitative estimate of drug-likeness (QED) is 0.499. The van der Waals surface area contributed by atoms with Crippen LogP contribution in [-0.4, -0.2) is 17.6 Å². The molecular weight excluding hydrogens is 362 g/mol. The third kappa shape index (κ3) is 4.22. The maximum absolute atomic E-state index is 12.7. The van der Waals surface area contributed by atoms with Crippen LogP contribution in [0, 0.1) is 32.1 Å². The Morgan fingerprint density at radius 3 is 2.48 bits per heavy atom. The number of hydrogen-bond acceptors (Lipinski definition) is 3. The van der Waals surface area contributed by atoms with Crippen LogP contribution in [0.1, 0.15) is 22.5 Å². The molecule has 29 heavy (non-hydrogen) atoms. The van der Waals surface area contributed by atoms with Crippen LogP contribution in [0.2, 0.25) is 0 Å². The summed E-state index contributed by atoms with van der Waals surface area (Å²) in [6.07, 6.45) is 1.62. The number of anilines is 1. The van der Waals surface area contributed by atoms with E-state index in [2.05, 4.69) is 9.88 Å². The van der Waals surface area contributed by atoms with E-state index in [1.807, 2.05) is 75.4 Å². The molecule has 0 aliphatic heterocycles. The van der Waals surface area contributed by atoms with Gasteiger partial charge in [0, 0.05) is 17.1 Å². The van der Waals surface area contributed by atoms with E-state index in [1.165, 1.54) is 0 Å². The molecule has 0 fully saturated rings. The van der Waals surface area contributed by atoms with Crippen LogP contribution in [0.25, 0.3) is 11.8 Å². The van der Waals surface area contributed by atoms with E-state index in [4.69, 9.17) is 4.74 Å². The monoisotopic (exact) mass is 385 g/mol. The van der Waals surface area contributed by atoms with Gasteiger partial charge in [0.1, 0.15) is 17.4 Å². The van der Waals surface area contributed by atoms with Crippen LogP contribution in [0.5, 0.6) is 5.75 Å². The second-order valence-corrected chi connectivity index (χ2v) is 6.83. The molecule has 1 amide bonds. The van der Waals surface area contributed by atoms with Crippen molar-refractivity contribution in [2.45, 2.75) is 20.8 Å². The lowest BCUT2D eigenvalue weighted by Crippen LogP contribution is -2.14. The maximum atomic E-state index is 12.7. The summed E-state index contributed by atoms with van der Waals surface area (Å²) in [6, 6.07) is 19.5. The Hall–Kier alpha value is -3.78. The molecule has 0 bridgehead atoms. The molecule has 0 aliphatic rings. The predicted molar refractivity (Wildman–Crippen MR) is 115 cm³/mol. The summed E-state index contributed by atoms with van der Waals surface area (Å²) in [7, 11) is 1.54. The molecule has 0 saturated heterocycles. The number of carbonyl (C=O) groups is 1. The number of rotatable bonds is 5. The molecule has 5 nitrogen and oxygen atoms in total. The second-order valence-electron chi connectivity index (χ2n) is 6.83. The molecular formula is C24H23N3O2. The molecule has 5 heteroatoms. The van der Waals surface area contributed by atoms with Gasteiger partial charge in [-0.1, -0.05) is 24.3 Å². The number of hydrogen-bond donors (Lipinski definition) is 1. The zero-order valence-corrected chi connectivity index (χ0v) is 17.0. The van der Waals surface area contributed by atoms with E-state index in [1.54, 1.807) is 19.3 Å². The third-order valence-corrected chi connectivity index (χ3v) is 4.75. The Bertz CT molecular complexity index is 1120. The largest absolute Gasteiger partial charge is 0.495 e. The van der Waals surface area contributed by atoms with E-state index < -0.39 is 5.91 Å². The van der Waals surface area contributed by atoms with E-state index in [-0.39, 0.29) is 5.57 Å². The van der Waals surface area contributed by atoms with Crippen molar-refractivity contribution in [3.8, 4) is 17.5 Å². The summed E-state index contributed by atoms with van der Waals surface area (Å²) in [5.41, 5.74) is 5.40. The molecule has 0 saturated carbocycles. The van der Waals surface area contributed by atoms with Gasteiger partial charge in [0.15, 0.2) is 0 Å². The van der Waals surface area contributed by atoms with E-state index in [9.17, 15) is 10.1 Å². The number of para-hydroxylation sites is 1. The van der Waals surface area contributed by atoms with Crippen molar-refractivity contribution in [1.82, 2.24) is 4.57 Å². The lowest BCUT2D eigenvalue weighted by molar-refractivity contribution is -0.112. The first-order valence-electron chi connectivity index (χ1n) is 9.26. The summed E-state index contributed by atoms with van der Waals surface area (Å²) >= 11 is 0. The average molecular weight is 385 g/mol. The van der Waals surface area contributed by atoms with E-state index in [0.29, 0.717) is 11.4 Å². The SMILES string of the molecule is COc1ccc(C)cc1NC(=O)/C(C#N)=C/c1cc(C)n(-c2ccccc2)c1C. The fourth-order valence-corrected chi connectivity index (χ4v) is 3.32. The smallest absolute Gasteiger partial charge is 0.266 e. The molecule has 146 valence electrons. The third-order valence-electron chi connectivity index (χ3n) is 4.75. The van der Waals surface area contributed by atoms with Crippen LogP contribution < -0.4 is 10.1 Å². The maximum Gasteiger partial charge on any atom is 0.266 e. The Balaban J connectivity index is 1.94. The molecule has 1 heterocycles. The van der Waals surface area contributed by atoms with Crippen molar-refractivity contribution in [3.63, 3.8) is 0 Å². The summed E-state index contributed by atoms with van der Waals surface area (Å²) in [4.78, 5) is 12.7. The van der Waals surface area contributed by atoms with Crippen molar-refractivity contribution in [1.29, 1.82) is 5.26 Å². The highest BCUT2D eigenvalue weighted by molar-refractivity contribution is 6.10. The molecule has 2 aromatic carbocycles. The topological polar surface area (TPSA) is 67.0 Å². The zero-order valence-electron chi connectivity index (χ0n) is 17.0. The average Bonchev–Trinajstić information content (AvgIpc) is 2.99. The standard InChI is InChI=1S/C24H23N3O2/c1-16-10-11-23(29-4)22(12-16)26-24(28)20(15-25)14-19-13-17(2)27(18(19)3)21-8-6-5-7-9-21/h5-14H,1-4H3,(H,26,28)/b20-14+. The van der Waals surface area contributed by atoms with E-state index >= 15 is 0 Å². The number of ether oxygens (including phenoxy) is 1. The molecule has 0 unspecified atom stereocenters. The van der Waals surface area contributed by atoms with Gasteiger partial charge >= 0.3 is 0 Å². The van der Waals surface area contributed by atoms with Crippen LogP contribution in [0.15, 0.2) is 60.2 Å². The first-order valence-corrected chi connectivity index (χ1v) is 9.26. The molecule has 0 aliphatic carbocycles. The molecule has 3 rings (SSSR count). The number of carbonyl (C=O) groups excluding carboxylic acids is 1. The molecule has 0 radical (unpaired) electrons. The van der Waals surface area contributed by atoms with Crippen molar-refractivity contribution < 1.29 is 9.53 Å². The Morgan fingerprint density at radius 1 is 1.10 bits per heavy atom. The van der Waals surface area contributed by atoms with Gasteiger partial charge in [0.05, 0.1) is 12.8 Å². The highest BCUT2D eigenvalue weighted by Crippen LogP contribution is 2.27. The Kier molecular flexibility index (Phi) is 5.85. The van der Waals surface area contributed by atoms with Crippen LogP contribution >= 0.6 is 0 Å². The number of nitrogens with zero attached hydrogens (tertiary/aromatic N) is 2. The second kappa shape index (κ2) is 8.49. The first kappa shape index (κ1) is 20.0. The number of methoxy groups -OCH3 is 1. The minimum atomic E-state index is -0.471. The van der Waals surface area contributed by atoms with Gasteiger partial charge in [0.2, 0.25) is 0 Å². The lowest BCUT2D eigenvalue weighted by Gasteiger charge is -2.11. The summed E-state index contributed by atoms with van der Waals surface area (Å²) < 4.78 is 7.40. The van der Waals surface area contributed by atoms with Crippen LogP contribution in [-0.2, 0) is 4.79 Å². The van der Waals surface area contributed by atoms with E-state index in [0.717, 1.165) is 28.2 Å². The van der Waals surface area contributed by atoms with Gasteiger partial charge in [-0.05, 0) is 68.3 Å². The van der Waals surface area contributed by atoms with Crippen molar-refractivity contribution in [3.05, 3.63) is 82.7 Å². The molecule has 1 N–H and O–H groups in total. The van der Waals surface area contributed by atoms with Crippen LogP contribution in [0.4, 0.5) is 5.69 Å². The number of aromatic nitrogens is 1. The fourth-order valence-electron chi connectivity index (χ4n) is 3.32. The summed E-state index contributed by atoms with van der Waals surface area (Å²) in [5.74, 6) is 0.0735. The minimum absolute atomic E-state index is 0.0295. The Labute approximate surface area is 170 Å². The van der Waals surface area contributed by atoms with Gasteiger partial charge in [-0.3, -0.25) is 4.79 Å². The van der Waals surface area contributed by atoms with Crippen molar-refractivity contribution >= 4 is 17.7 Å². The number of amides is 1. The summed E-state index contributed by atoms with van der Waals surface area (Å²) in [6.45, 7) is 5.90. The lowest BCUT2D eigenvalue weighted by atomic mass is 10.1. The Morgan fingerprint density at radius 2 is 1.83 bits per heavy atom. The molecule has 3 aromatic rings. The van der Waals surface area contributed by atoms with Crippen LogP contribution in [0.3, 0.4) is 0 Å². The number of nitriles is 1. The van der Waals surface area contributed by atoms with Gasteiger partial charge in [-0.2, -0.15) is 5.26 Å². The van der Waals surface area contributed by atoms with Gasteiger partial charge in [-0.15, -0.1) is 0 Å². The predicted octanol–water partition coefficient (Wildman–Crippen LogP) is 4.96. The zero-order chi connectivity index (χ0) is 21.0. The van der Waals surface area contributed by atoms with Gasteiger partial charge in [-0.25, -0.2) is 0 Å². The molecule has 1 aromatic heterocycles. The molecule has 0 atom stereocenters. The number of aryl methyl sites for hydroxylation is 2. The normalized spacial score (nSPS) is 11.1. The number of nitrogens with one attached hydrogen (secondary N) is 1. The minimum Gasteiger partial charge on any atom is -0.495 e. The fraction of sp³-hybridized carbons (Fsp3) is 0.167. The highest BCUT2D eigenvalue weighted by atomic mass is 16.5. The van der Waals surface area contributed by atoms with Crippen molar-refractivity contribution in [2.75, 3.05) is 12.4 Å².